The maximum atomic E-state index is 12.2. The molecule has 0 saturated heterocycles. The second kappa shape index (κ2) is 6.15. The lowest BCUT2D eigenvalue weighted by Gasteiger charge is -2.24. The summed E-state index contributed by atoms with van der Waals surface area (Å²) in [5, 5.41) is 3.22. The summed E-state index contributed by atoms with van der Waals surface area (Å²) in [7, 11) is 0. The summed E-state index contributed by atoms with van der Waals surface area (Å²) in [5.41, 5.74) is 1.30. The van der Waals surface area contributed by atoms with Crippen molar-refractivity contribution >= 4 is 23.3 Å². The van der Waals surface area contributed by atoms with Gasteiger partial charge >= 0.3 is 0 Å². The first-order valence-electron chi connectivity index (χ1n) is 6.79. The predicted octanol–water partition coefficient (Wildman–Crippen LogP) is 2.39. The average molecular weight is 317 g/mol. The van der Waals surface area contributed by atoms with Crippen molar-refractivity contribution in [3.63, 3.8) is 0 Å². The first kappa shape index (κ1) is 14.5. The Morgan fingerprint density at radius 2 is 2.27 bits per heavy atom. The fraction of sp³-hybridized carbons (Fsp3) is 0.188. The molecule has 1 N–H and O–H groups in total. The van der Waals surface area contributed by atoms with E-state index in [0.717, 1.165) is 5.56 Å². The standard InChI is InChI=1S/C16H13ClN2O3/c17-11-3-4-14-12(6-11)13(20)7-15(22-14)16(21)19-9-10-2-1-5-18-8-10/h1-6,8,15H,7,9H2,(H,19,21)/t15-/m0/s1. The largest absolute Gasteiger partial charge is 0.479 e. The highest BCUT2D eigenvalue weighted by atomic mass is 35.5. The highest BCUT2D eigenvalue weighted by molar-refractivity contribution is 6.31. The van der Waals surface area contributed by atoms with Gasteiger partial charge in [0.2, 0.25) is 0 Å². The van der Waals surface area contributed by atoms with Crippen molar-refractivity contribution in [3.8, 4) is 5.75 Å². The lowest BCUT2D eigenvalue weighted by Crippen LogP contribution is -2.41. The molecule has 112 valence electrons. The van der Waals surface area contributed by atoms with E-state index in [9.17, 15) is 9.59 Å². The van der Waals surface area contributed by atoms with Crippen LogP contribution in [0.5, 0.6) is 5.75 Å². The predicted molar refractivity (Wildman–Crippen MR) is 80.9 cm³/mol. The number of pyridine rings is 1. The van der Waals surface area contributed by atoms with Crippen LogP contribution in [-0.4, -0.2) is 22.8 Å². The van der Waals surface area contributed by atoms with Crippen molar-refractivity contribution in [1.29, 1.82) is 0 Å². The molecule has 0 fully saturated rings. The second-order valence-corrected chi connectivity index (χ2v) is 5.39. The number of aromatic nitrogens is 1. The number of benzene rings is 1. The Balaban J connectivity index is 1.67. The molecular formula is C16H13ClN2O3. The fourth-order valence-corrected chi connectivity index (χ4v) is 2.42. The summed E-state index contributed by atoms with van der Waals surface area (Å²) >= 11 is 5.87. The van der Waals surface area contributed by atoms with Gasteiger partial charge < -0.3 is 10.1 Å². The van der Waals surface area contributed by atoms with Crippen LogP contribution in [0.2, 0.25) is 5.02 Å². The first-order chi connectivity index (χ1) is 10.6. The van der Waals surface area contributed by atoms with Gasteiger partial charge in [-0.25, -0.2) is 0 Å². The lowest BCUT2D eigenvalue weighted by atomic mass is 10.0. The topological polar surface area (TPSA) is 68.3 Å². The van der Waals surface area contributed by atoms with Gasteiger partial charge in [-0.2, -0.15) is 0 Å². The third-order valence-electron chi connectivity index (χ3n) is 3.36. The summed E-state index contributed by atoms with van der Waals surface area (Å²) in [5.74, 6) is -0.0785. The first-order valence-corrected chi connectivity index (χ1v) is 7.17. The van der Waals surface area contributed by atoms with Gasteiger partial charge in [-0.15, -0.1) is 0 Å². The number of fused-ring (bicyclic) bond motifs is 1. The zero-order chi connectivity index (χ0) is 15.5. The van der Waals surface area contributed by atoms with E-state index in [0.29, 0.717) is 22.9 Å². The summed E-state index contributed by atoms with van der Waals surface area (Å²) < 4.78 is 5.60. The number of carbonyl (C=O) groups is 2. The number of ether oxygens (including phenoxy) is 1. The van der Waals surface area contributed by atoms with Crippen molar-refractivity contribution < 1.29 is 14.3 Å². The molecule has 0 bridgehead atoms. The number of amides is 1. The quantitative estimate of drug-likeness (QED) is 0.944. The Kier molecular flexibility index (Phi) is 4.06. The minimum atomic E-state index is -0.821. The van der Waals surface area contributed by atoms with E-state index in [1.807, 2.05) is 6.07 Å². The number of hydrogen-bond donors (Lipinski definition) is 1. The molecule has 6 heteroatoms. The van der Waals surface area contributed by atoms with E-state index in [-0.39, 0.29) is 18.1 Å². The summed E-state index contributed by atoms with van der Waals surface area (Å²) in [4.78, 5) is 28.2. The van der Waals surface area contributed by atoms with Crippen molar-refractivity contribution in [2.45, 2.75) is 19.1 Å². The number of hydrogen-bond acceptors (Lipinski definition) is 4. The number of Topliss-reactive ketones (excluding diaryl/α,β-unsaturated/α-hetero) is 1. The monoisotopic (exact) mass is 316 g/mol. The second-order valence-electron chi connectivity index (χ2n) is 4.95. The van der Waals surface area contributed by atoms with Crippen molar-refractivity contribution in [1.82, 2.24) is 10.3 Å². The van der Waals surface area contributed by atoms with Crippen molar-refractivity contribution in [2.24, 2.45) is 0 Å². The molecule has 0 unspecified atom stereocenters. The molecule has 3 rings (SSSR count). The number of halogens is 1. The minimum absolute atomic E-state index is 0.00617. The molecule has 1 atom stereocenters. The van der Waals surface area contributed by atoms with Crippen LogP contribution in [0, 0.1) is 0 Å². The summed E-state index contributed by atoms with van der Waals surface area (Å²) in [6, 6.07) is 8.45. The van der Waals surface area contributed by atoms with Crippen LogP contribution in [-0.2, 0) is 11.3 Å². The molecule has 1 aromatic carbocycles. The molecule has 0 spiro atoms. The van der Waals surface area contributed by atoms with Crippen molar-refractivity contribution in [2.75, 3.05) is 0 Å². The van der Waals surface area contributed by atoms with Gasteiger partial charge in [-0.05, 0) is 29.8 Å². The van der Waals surface area contributed by atoms with E-state index >= 15 is 0 Å². The molecule has 1 aliphatic heterocycles. The van der Waals surface area contributed by atoms with E-state index in [1.54, 1.807) is 36.7 Å². The third kappa shape index (κ3) is 3.09. The zero-order valence-corrected chi connectivity index (χ0v) is 12.3. The van der Waals surface area contributed by atoms with E-state index < -0.39 is 6.10 Å². The van der Waals surface area contributed by atoms with Gasteiger partial charge in [0.1, 0.15) is 5.75 Å². The molecule has 1 aromatic heterocycles. The number of carbonyl (C=O) groups excluding carboxylic acids is 2. The molecular weight excluding hydrogens is 304 g/mol. The number of ketones is 1. The Labute approximate surface area is 132 Å². The highest BCUT2D eigenvalue weighted by Gasteiger charge is 2.31. The van der Waals surface area contributed by atoms with Crippen LogP contribution < -0.4 is 10.1 Å². The normalized spacial score (nSPS) is 16.6. The molecule has 2 aromatic rings. The Morgan fingerprint density at radius 3 is 3.05 bits per heavy atom. The van der Waals surface area contributed by atoms with E-state index in [2.05, 4.69) is 10.3 Å². The zero-order valence-electron chi connectivity index (χ0n) is 11.6. The van der Waals surface area contributed by atoms with Crippen LogP contribution in [0.4, 0.5) is 0 Å². The molecule has 1 amide bonds. The Morgan fingerprint density at radius 1 is 1.41 bits per heavy atom. The van der Waals surface area contributed by atoms with Gasteiger partial charge in [-0.1, -0.05) is 17.7 Å². The van der Waals surface area contributed by atoms with Crippen LogP contribution >= 0.6 is 11.6 Å². The van der Waals surface area contributed by atoms with Crippen LogP contribution in [0.25, 0.3) is 0 Å². The molecule has 2 heterocycles. The Bertz CT molecular complexity index is 719. The van der Waals surface area contributed by atoms with Gasteiger partial charge in [0.25, 0.3) is 5.91 Å². The average Bonchev–Trinajstić information content (AvgIpc) is 2.54. The van der Waals surface area contributed by atoms with Gasteiger partial charge in [0, 0.05) is 24.0 Å². The minimum Gasteiger partial charge on any atom is -0.479 e. The SMILES string of the molecule is O=C1C[C@@H](C(=O)NCc2cccnc2)Oc2ccc(Cl)cc21. The van der Waals surface area contributed by atoms with Crippen LogP contribution in [0.15, 0.2) is 42.7 Å². The van der Waals surface area contributed by atoms with Gasteiger partial charge in [-0.3, -0.25) is 14.6 Å². The Hall–Kier alpha value is -2.40. The van der Waals surface area contributed by atoms with E-state index in [1.165, 1.54) is 0 Å². The lowest BCUT2D eigenvalue weighted by molar-refractivity contribution is -0.128. The van der Waals surface area contributed by atoms with Gasteiger partial charge in [0.05, 0.1) is 12.0 Å². The van der Waals surface area contributed by atoms with Crippen LogP contribution in [0.3, 0.4) is 0 Å². The fourth-order valence-electron chi connectivity index (χ4n) is 2.25. The third-order valence-corrected chi connectivity index (χ3v) is 3.60. The highest BCUT2D eigenvalue weighted by Crippen LogP contribution is 2.30. The number of rotatable bonds is 3. The molecule has 0 radical (unpaired) electrons. The molecule has 22 heavy (non-hydrogen) atoms. The molecule has 0 aliphatic carbocycles. The molecule has 0 saturated carbocycles. The molecule has 1 aliphatic rings. The van der Waals surface area contributed by atoms with Crippen LogP contribution in [0.1, 0.15) is 22.3 Å². The number of nitrogens with one attached hydrogen (secondary N) is 1. The summed E-state index contributed by atoms with van der Waals surface area (Å²) in [6.45, 7) is 0.341. The van der Waals surface area contributed by atoms with E-state index in [4.69, 9.17) is 16.3 Å². The molecule has 5 nitrogen and oxygen atoms in total. The van der Waals surface area contributed by atoms with Gasteiger partial charge in [0.15, 0.2) is 11.9 Å². The number of nitrogens with zero attached hydrogens (tertiary/aromatic N) is 1. The van der Waals surface area contributed by atoms with Crippen molar-refractivity contribution in [3.05, 3.63) is 58.9 Å². The smallest absolute Gasteiger partial charge is 0.261 e. The maximum Gasteiger partial charge on any atom is 0.261 e. The summed E-state index contributed by atoms with van der Waals surface area (Å²) in [6.07, 6.45) is 2.52. The maximum absolute atomic E-state index is 12.2.